The van der Waals surface area contributed by atoms with E-state index in [4.69, 9.17) is 14.6 Å². The SMILES string of the molecule is O=C(O)c1scnc1-c1ccc(OCC2CCOC2)cc1. The van der Waals surface area contributed by atoms with Crippen LogP contribution in [0, 0.1) is 5.92 Å². The minimum atomic E-state index is -0.950. The van der Waals surface area contributed by atoms with Crippen LogP contribution >= 0.6 is 11.3 Å². The second-order valence-electron chi connectivity index (χ2n) is 4.90. The summed E-state index contributed by atoms with van der Waals surface area (Å²) in [6.07, 6.45) is 1.04. The molecule has 1 fully saturated rings. The molecule has 1 unspecified atom stereocenters. The average molecular weight is 305 g/mol. The second kappa shape index (κ2) is 6.24. The summed E-state index contributed by atoms with van der Waals surface area (Å²) in [4.78, 5) is 15.5. The lowest BCUT2D eigenvalue weighted by atomic mass is 10.1. The fraction of sp³-hybridized carbons (Fsp3) is 0.333. The van der Waals surface area contributed by atoms with Gasteiger partial charge in [-0.3, -0.25) is 0 Å². The maximum absolute atomic E-state index is 11.1. The van der Waals surface area contributed by atoms with Gasteiger partial charge < -0.3 is 14.6 Å². The molecule has 1 N–H and O–H groups in total. The van der Waals surface area contributed by atoms with Crippen molar-refractivity contribution in [2.75, 3.05) is 19.8 Å². The first-order valence-corrected chi connectivity index (χ1v) is 7.60. The van der Waals surface area contributed by atoms with Crippen LogP contribution in [-0.4, -0.2) is 35.9 Å². The van der Waals surface area contributed by atoms with Crippen molar-refractivity contribution in [3.8, 4) is 17.0 Å². The maximum Gasteiger partial charge on any atom is 0.348 e. The quantitative estimate of drug-likeness (QED) is 0.920. The number of benzene rings is 1. The molecule has 21 heavy (non-hydrogen) atoms. The molecule has 0 spiro atoms. The minimum absolute atomic E-state index is 0.256. The van der Waals surface area contributed by atoms with E-state index in [1.54, 1.807) is 5.51 Å². The van der Waals surface area contributed by atoms with Crippen molar-refractivity contribution >= 4 is 17.3 Å². The predicted octanol–water partition coefficient (Wildman–Crippen LogP) is 2.92. The number of carboxylic acid groups (broad SMARTS) is 1. The van der Waals surface area contributed by atoms with E-state index in [9.17, 15) is 4.79 Å². The van der Waals surface area contributed by atoms with Gasteiger partial charge in [-0.1, -0.05) is 0 Å². The number of thiazole rings is 1. The van der Waals surface area contributed by atoms with E-state index in [0.29, 0.717) is 18.2 Å². The molecule has 3 rings (SSSR count). The van der Waals surface area contributed by atoms with E-state index < -0.39 is 5.97 Å². The Morgan fingerprint density at radius 3 is 2.90 bits per heavy atom. The highest BCUT2D eigenvalue weighted by molar-refractivity contribution is 7.12. The number of carbonyl (C=O) groups is 1. The first kappa shape index (κ1) is 14.0. The topological polar surface area (TPSA) is 68.7 Å². The molecule has 2 heterocycles. The van der Waals surface area contributed by atoms with Gasteiger partial charge >= 0.3 is 5.97 Å². The summed E-state index contributed by atoms with van der Waals surface area (Å²) in [5.41, 5.74) is 2.83. The number of aromatic nitrogens is 1. The molecular weight excluding hydrogens is 290 g/mol. The summed E-state index contributed by atoms with van der Waals surface area (Å²) in [7, 11) is 0. The number of rotatable bonds is 5. The molecule has 2 aromatic rings. The highest BCUT2D eigenvalue weighted by atomic mass is 32.1. The van der Waals surface area contributed by atoms with Gasteiger partial charge in [0.25, 0.3) is 0 Å². The van der Waals surface area contributed by atoms with E-state index >= 15 is 0 Å². The zero-order valence-corrected chi connectivity index (χ0v) is 12.1. The van der Waals surface area contributed by atoms with Crippen LogP contribution in [-0.2, 0) is 4.74 Å². The molecule has 0 radical (unpaired) electrons. The van der Waals surface area contributed by atoms with Gasteiger partial charge in [0.05, 0.1) is 24.4 Å². The number of nitrogens with zero attached hydrogens (tertiary/aromatic N) is 1. The van der Waals surface area contributed by atoms with Crippen LogP contribution in [0.3, 0.4) is 0 Å². The van der Waals surface area contributed by atoms with Crippen LogP contribution in [0.1, 0.15) is 16.1 Å². The predicted molar refractivity (Wildman–Crippen MR) is 78.9 cm³/mol. The van der Waals surface area contributed by atoms with Gasteiger partial charge in [0.2, 0.25) is 0 Å². The molecule has 1 saturated heterocycles. The van der Waals surface area contributed by atoms with Crippen LogP contribution in [0.15, 0.2) is 29.8 Å². The zero-order valence-electron chi connectivity index (χ0n) is 11.3. The summed E-state index contributed by atoms with van der Waals surface area (Å²) in [5.74, 6) is 0.286. The Balaban J connectivity index is 1.68. The van der Waals surface area contributed by atoms with E-state index in [1.807, 2.05) is 24.3 Å². The van der Waals surface area contributed by atoms with Gasteiger partial charge in [0.1, 0.15) is 10.6 Å². The monoisotopic (exact) mass is 305 g/mol. The molecule has 0 amide bonds. The van der Waals surface area contributed by atoms with Crippen LogP contribution in [0.2, 0.25) is 0 Å². The lowest BCUT2D eigenvalue weighted by Gasteiger charge is -2.10. The van der Waals surface area contributed by atoms with Gasteiger partial charge in [-0.15, -0.1) is 11.3 Å². The first-order valence-electron chi connectivity index (χ1n) is 6.72. The third-order valence-electron chi connectivity index (χ3n) is 3.40. The highest BCUT2D eigenvalue weighted by Crippen LogP contribution is 2.27. The summed E-state index contributed by atoms with van der Waals surface area (Å²) in [6.45, 7) is 2.23. The van der Waals surface area contributed by atoms with Crippen molar-refractivity contribution in [2.24, 2.45) is 5.92 Å². The number of hydrogen-bond acceptors (Lipinski definition) is 5. The molecule has 1 aliphatic rings. The standard InChI is InChI=1S/C15H15NO4S/c17-15(18)14-13(16-9-21-14)11-1-3-12(4-2-11)20-8-10-5-6-19-7-10/h1-4,9-10H,5-8H2,(H,17,18). The molecule has 6 heteroatoms. The average Bonchev–Trinajstić information content (AvgIpc) is 3.17. The Kier molecular flexibility index (Phi) is 4.17. The number of ether oxygens (including phenoxy) is 2. The van der Waals surface area contributed by atoms with Crippen LogP contribution in [0.5, 0.6) is 5.75 Å². The Labute approximate surface area is 126 Å². The Bertz CT molecular complexity index is 617. The maximum atomic E-state index is 11.1. The first-order chi connectivity index (χ1) is 10.2. The molecule has 0 aliphatic carbocycles. The third-order valence-corrected chi connectivity index (χ3v) is 4.21. The lowest BCUT2D eigenvalue weighted by molar-refractivity contribution is 0.0702. The van der Waals surface area contributed by atoms with Gasteiger partial charge in [0, 0.05) is 18.1 Å². The van der Waals surface area contributed by atoms with Crippen molar-refractivity contribution in [3.05, 3.63) is 34.7 Å². The third kappa shape index (κ3) is 3.22. The largest absolute Gasteiger partial charge is 0.493 e. The Hall–Kier alpha value is -1.92. The molecule has 0 bridgehead atoms. The molecule has 0 saturated carbocycles. The molecule has 1 atom stereocenters. The number of hydrogen-bond donors (Lipinski definition) is 1. The molecule has 1 aromatic heterocycles. The Morgan fingerprint density at radius 1 is 1.43 bits per heavy atom. The van der Waals surface area contributed by atoms with E-state index in [1.165, 1.54) is 0 Å². The van der Waals surface area contributed by atoms with E-state index in [-0.39, 0.29) is 4.88 Å². The molecule has 110 valence electrons. The van der Waals surface area contributed by atoms with Crippen LogP contribution < -0.4 is 4.74 Å². The van der Waals surface area contributed by atoms with Crippen molar-refractivity contribution in [2.45, 2.75) is 6.42 Å². The normalized spacial score (nSPS) is 17.8. The minimum Gasteiger partial charge on any atom is -0.493 e. The van der Waals surface area contributed by atoms with E-state index in [2.05, 4.69) is 4.98 Å². The van der Waals surface area contributed by atoms with Gasteiger partial charge in [-0.2, -0.15) is 0 Å². The fourth-order valence-corrected chi connectivity index (χ4v) is 2.89. The zero-order chi connectivity index (χ0) is 14.7. The van der Waals surface area contributed by atoms with Gasteiger partial charge in [0.15, 0.2) is 0 Å². The summed E-state index contributed by atoms with van der Waals surface area (Å²) >= 11 is 1.13. The summed E-state index contributed by atoms with van der Waals surface area (Å²) in [5, 5.41) is 9.11. The van der Waals surface area contributed by atoms with Crippen molar-refractivity contribution in [1.29, 1.82) is 0 Å². The summed E-state index contributed by atoms with van der Waals surface area (Å²) in [6, 6.07) is 7.36. The molecule has 1 aliphatic heterocycles. The smallest absolute Gasteiger partial charge is 0.348 e. The van der Waals surface area contributed by atoms with Crippen molar-refractivity contribution in [1.82, 2.24) is 4.98 Å². The molecular formula is C15H15NO4S. The lowest BCUT2D eigenvalue weighted by Crippen LogP contribution is -2.11. The fourth-order valence-electron chi connectivity index (χ4n) is 2.24. The number of aromatic carboxylic acids is 1. The van der Waals surface area contributed by atoms with Crippen molar-refractivity contribution in [3.63, 3.8) is 0 Å². The van der Waals surface area contributed by atoms with Crippen LogP contribution in [0.4, 0.5) is 0 Å². The number of carboxylic acids is 1. The van der Waals surface area contributed by atoms with E-state index in [0.717, 1.165) is 42.3 Å². The second-order valence-corrected chi connectivity index (χ2v) is 5.76. The molecule has 5 nitrogen and oxygen atoms in total. The Morgan fingerprint density at radius 2 is 2.24 bits per heavy atom. The highest BCUT2D eigenvalue weighted by Gasteiger charge is 2.17. The van der Waals surface area contributed by atoms with Gasteiger partial charge in [-0.25, -0.2) is 9.78 Å². The molecule has 1 aromatic carbocycles. The van der Waals surface area contributed by atoms with Gasteiger partial charge in [-0.05, 0) is 30.7 Å². The van der Waals surface area contributed by atoms with Crippen LogP contribution in [0.25, 0.3) is 11.3 Å². The van der Waals surface area contributed by atoms with Crippen molar-refractivity contribution < 1.29 is 19.4 Å². The summed E-state index contributed by atoms with van der Waals surface area (Å²) < 4.78 is 11.0.